The molecule has 0 radical (unpaired) electrons. The van der Waals surface area contributed by atoms with Crippen LogP contribution in [-0.2, 0) is 6.42 Å². The molecule has 1 aliphatic carbocycles. The van der Waals surface area contributed by atoms with Crippen molar-refractivity contribution in [2.45, 2.75) is 6.42 Å². The molecule has 0 aliphatic heterocycles. The highest BCUT2D eigenvalue weighted by Crippen LogP contribution is 2.44. The van der Waals surface area contributed by atoms with Crippen LogP contribution >= 0.6 is 0 Å². The van der Waals surface area contributed by atoms with Gasteiger partial charge in [0.1, 0.15) is 5.82 Å². The van der Waals surface area contributed by atoms with E-state index in [1.807, 2.05) is 6.07 Å². The monoisotopic (exact) mass is 650 g/mol. The van der Waals surface area contributed by atoms with Crippen molar-refractivity contribution in [1.82, 2.24) is 19.1 Å². The van der Waals surface area contributed by atoms with Crippen LogP contribution in [0.3, 0.4) is 0 Å². The number of hydrogen-bond donors (Lipinski definition) is 0. The van der Waals surface area contributed by atoms with Crippen molar-refractivity contribution in [2.24, 2.45) is 0 Å². The van der Waals surface area contributed by atoms with E-state index in [1.54, 1.807) is 0 Å². The van der Waals surface area contributed by atoms with Crippen molar-refractivity contribution >= 4 is 43.6 Å². The topological polar surface area (TPSA) is 35.6 Å². The molecule has 0 spiro atoms. The fourth-order valence-electron chi connectivity index (χ4n) is 8.26. The normalized spacial score (nSPS) is 12.2. The predicted molar refractivity (Wildman–Crippen MR) is 210 cm³/mol. The molecule has 4 heteroatoms. The lowest BCUT2D eigenvalue weighted by molar-refractivity contribution is 1.01. The van der Waals surface area contributed by atoms with Crippen LogP contribution in [-0.4, -0.2) is 19.1 Å². The summed E-state index contributed by atoms with van der Waals surface area (Å²) in [6, 6.07) is 60.9. The van der Waals surface area contributed by atoms with Crippen molar-refractivity contribution in [3.63, 3.8) is 0 Å². The average Bonchev–Trinajstić information content (AvgIpc) is 3.85. The summed E-state index contributed by atoms with van der Waals surface area (Å²) in [5.41, 5.74) is 14.0. The third-order valence-corrected chi connectivity index (χ3v) is 10.5. The number of para-hydroxylation sites is 3. The molecule has 7 aromatic carbocycles. The van der Waals surface area contributed by atoms with E-state index in [4.69, 9.17) is 9.97 Å². The van der Waals surface area contributed by atoms with E-state index in [0.29, 0.717) is 0 Å². The molecule has 0 amide bonds. The Balaban J connectivity index is 1.14. The largest absolute Gasteiger partial charge is 0.309 e. The van der Waals surface area contributed by atoms with Gasteiger partial charge in [0.25, 0.3) is 0 Å². The molecular formula is C47H30N4. The minimum atomic E-state index is 0.752. The van der Waals surface area contributed by atoms with Crippen LogP contribution in [0.5, 0.6) is 0 Å². The minimum absolute atomic E-state index is 0.752. The van der Waals surface area contributed by atoms with E-state index in [0.717, 1.165) is 45.9 Å². The summed E-state index contributed by atoms with van der Waals surface area (Å²) in [5.74, 6) is 1.68. The van der Waals surface area contributed by atoms with Gasteiger partial charge in [0, 0.05) is 44.8 Å². The Bertz CT molecular complexity index is 2990. The highest BCUT2D eigenvalue weighted by molar-refractivity contribution is 6.13. The first kappa shape index (κ1) is 28.1. The second kappa shape index (κ2) is 10.9. The zero-order chi connectivity index (χ0) is 33.5. The zero-order valence-corrected chi connectivity index (χ0v) is 27.7. The highest BCUT2D eigenvalue weighted by Gasteiger charge is 2.28. The third-order valence-electron chi connectivity index (χ3n) is 10.5. The summed E-state index contributed by atoms with van der Waals surface area (Å²) in [6.45, 7) is 0. The molecular weight excluding hydrogens is 621 g/mol. The molecule has 4 nitrogen and oxygen atoms in total. The third kappa shape index (κ3) is 4.20. The van der Waals surface area contributed by atoms with Crippen molar-refractivity contribution < 1.29 is 0 Å². The van der Waals surface area contributed by atoms with Crippen LogP contribution in [0, 0.1) is 0 Å². The van der Waals surface area contributed by atoms with Gasteiger partial charge in [-0.1, -0.05) is 121 Å². The number of aromatic nitrogens is 4. The smallest absolute Gasteiger partial charge is 0.161 e. The Hall–Kier alpha value is -6.78. The molecule has 0 saturated carbocycles. The molecule has 0 atom stereocenters. The maximum Gasteiger partial charge on any atom is 0.161 e. The molecule has 51 heavy (non-hydrogen) atoms. The van der Waals surface area contributed by atoms with E-state index < -0.39 is 0 Å². The minimum Gasteiger partial charge on any atom is -0.309 e. The van der Waals surface area contributed by atoms with Crippen LogP contribution in [0.15, 0.2) is 170 Å². The van der Waals surface area contributed by atoms with E-state index in [-0.39, 0.29) is 0 Å². The van der Waals surface area contributed by atoms with E-state index >= 15 is 0 Å². The first-order chi connectivity index (χ1) is 25.3. The number of rotatable bonds is 4. The molecule has 238 valence electrons. The number of nitrogens with zero attached hydrogens (tertiary/aromatic N) is 4. The maximum atomic E-state index is 5.38. The molecule has 0 bridgehead atoms. The van der Waals surface area contributed by atoms with Gasteiger partial charge in [0.2, 0.25) is 0 Å². The van der Waals surface area contributed by atoms with Crippen LogP contribution in [0.4, 0.5) is 0 Å². The Morgan fingerprint density at radius 3 is 1.67 bits per heavy atom. The van der Waals surface area contributed by atoms with Gasteiger partial charge in [-0.15, -0.1) is 0 Å². The standard InChI is InChI=1S/C47H30N4/c1-3-13-30(14-4-1)46-48-40-29-33-15-7-8-18-35(33)45(40)47(49-46)51-42-22-12-10-20-37(42)39-28-32(24-26-44(39)51)31-23-25-43-38(27-31)36-19-9-11-21-41(36)50(43)34-16-5-2-6-17-34/h1-28H,29H2. The molecule has 11 rings (SSSR count). The lowest BCUT2D eigenvalue weighted by Gasteiger charge is -2.15. The van der Waals surface area contributed by atoms with Gasteiger partial charge in [-0.25, -0.2) is 9.97 Å². The SMILES string of the molecule is c1ccc(-c2nc3c(c(-n4c5ccccc5c5cc(-c6ccc7c(c6)c6ccccc6n7-c6ccccc6)ccc54)n2)-c2ccccc2C3)cc1. The van der Waals surface area contributed by atoms with Crippen molar-refractivity contribution in [3.8, 4) is 45.1 Å². The zero-order valence-electron chi connectivity index (χ0n) is 27.7. The molecule has 0 fully saturated rings. The van der Waals surface area contributed by atoms with Gasteiger partial charge in [-0.05, 0) is 70.8 Å². The molecule has 0 saturated heterocycles. The first-order valence-electron chi connectivity index (χ1n) is 17.5. The number of fused-ring (bicyclic) bond motifs is 9. The van der Waals surface area contributed by atoms with E-state index in [2.05, 4.69) is 173 Å². The van der Waals surface area contributed by atoms with Crippen LogP contribution in [0.1, 0.15) is 11.3 Å². The average molecular weight is 651 g/mol. The number of hydrogen-bond acceptors (Lipinski definition) is 2. The van der Waals surface area contributed by atoms with Crippen molar-refractivity contribution in [1.29, 1.82) is 0 Å². The maximum absolute atomic E-state index is 5.38. The molecule has 3 heterocycles. The Kier molecular flexibility index (Phi) is 5.98. The fourth-order valence-corrected chi connectivity index (χ4v) is 8.26. The quantitative estimate of drug-likeness (QED) is 0.190. The van der Waals surface area contributed by atoms with Crippen LogP contribution in [0.2, 0.25) is 0 Å². The highest BCUT2D eigenvalue weighted by atomic mass is 15.1. The summed E-state index contributed by atoms with van der Waals surface area (Å²) >= 11 is 0. The van der Waals surface area contributed by atoms with Gasteiger partial charge in [-0.3, -0.25) is 4.57 Å². The van der Waals surface area contributed by atoms with Gasteiger partial charge in [-0.2, -0.15) is 0 Å². The number of benzene rings is 7. The first-order valence-corrected chi connectivity index (χ1v) is 17.5. The summed E-state index contributed by atoms with van der Waals surface area (Å²) in [7, 11) is 0. The Morgan fingerprint density at radius 2 is 0.961 bits per heavy atom. The van der Waals surface area contributed by atoms with Gasteiger partial charge in [0.15, 0.2) is 5.82 Å². The summed E-state index contributed by atoms with van der Waals surface area (Å²) in [4.78, 5) is 10.5. The fraction of sp³-hybridized carbons (Fsp3) is 0.0213. The van der Waals surface area contributed by atoms with Crippen LogP contribution < -0.4 is 0 Å². The lowest BCUT2D eigenvalue weighted by atomic mass is 10.0. The second-order valence-corrected chi connectivity index (χ2v) is 13.4. The summed E-state index contributed by atoms with van der Waals surface area (Å²) in [5, 5.41) is 4.91. The summed E-state index contributed by atoms with van der Waals surface area (Å²) in [6.07, 6.45) is 0.797. The van der Waals surface area contributed by atoms with Gasteiger partial charge >= 0.3 is 0 Å². The van der Waals surface area contributed by atoms with E-state index in [9.17, 15) is 0 Å². The molecule has 3 aromatic heterocycles. The summed E-state index contributed by atoms with van der Waals surface area (Å²) < 4.78 is 4.73. The van der Waals surface area contributed by atoms with Crippen molar-refractivity contribution in [3.05, 3.63) is 181 Å². The van der Waals surface area contributed by atoms with Crippen LogP contribution in [0.25, 0.3) is 88.8 Å². The Morgan fingerprint density at radius 1 is 0.412 bits per heavy atom. The van der Waals surface area contributed by atoms with E-state index in [1.165, 1.54) is 60.5 Å². The second-order valence-electron chi connectivity index (χ2n) is 13.4. The Labute approximate surface area is 294 Å². The lowest BCUT2D eigenvalue weighted by Crippen LogP contribution is -2.05. The molecule has 0 N–H and O–H groups in total. The molecule has 10 aromatic rings. The molecule has 0 unspecified atom stereocenters. The molecule has 1 aliphatic rings. The van der Waals surface area contributed by atoms with Gasteiger partial charge in [0.05, 0.1) is 27.8 Å². The van der Waals surface area contributed by atoms with Gasteiger partial charge < -0.3 is 4.57 Å². The predicted octanol–water partition coefficient (Wildman–Crippen LogP) is 11.6. The van der Waals surface area contributed by atoms with Crippen molar-refractivity contribution in [2.75, 3.05) is 0 Å².